The van der Waals surface area contributed by atoms with Crippen LogP contribution in [0.4, 0.5) is 10.1 Å². The Morgan fingerprint density at radius 3 is 2.92 bits per heavy atom. The predicted molar refractivity (Wildman–Crippen MR) is 89.1 cm³/mol. The van der Waals surface area contributed by atoms with Gasteiger partial charge in [0.25, 0.3) is 5.91 Å². The van der Waals surface area contributed by atoms with E-state index in [2.05, 4.69) is 15.0 Å². The smallest absolute Gasteiger partial charge is 0.279 e. The fourth-order valence-electron chi connectivity index (χ4n) is 2.55. The van der Waals surface area contributed by atoms with Gasteiger partial charge in [-0.15, -0.1) is 0 Å². The number of halogens is 1. The molecule has 0 fully saturated rings. The van der Waals surface area contributed by atoms with Crippen molar-refractivity contribution in [3.63, 3.8) is 0 Å². The second kappa shape index (κ2) is 5.75. The van der Waals surface area contributed by atoms with Gasteiger partial charge in [-0.05, 0) is 30.3 Å². The van der Waals surface area contributed by atoms with Crippen molar-refractivity contribution in [3.05, 3.63) is 68.8 Å². The molecule has 0 radical (unpaired) electrons. The zero-order chi connectivity index (χ0) is 17.6. The van der Waals surface area contributed by atoms with Crippen molar-refractivity contribution < 1.29 is 14.3 Å². The van der Waals surface area contributed by atoms with Crippen molar-refractivity contribution in [1.82, 2.24) is 9.55 Å². The summed E-state index contributed by atoms with van der Waals surface area (Å²) in [6, 6.07) is 7.46. The first-order valence-electron chi connectivity index (χ1n) is 7.31. The monoisotopic (exact) mass is 354 g/mol. The van der Waals surface area contributed by atoms with Gasteiger partial charge in [-0.2, -0.15) is 0 Å². The fourth-order valence-corrected chi connectivity index (χ4v) is 3.63. The maximum absolute atomic E-state index is 13.6. The van der Waals surface area contributed by atoms with Gasteiger partial charge in [0.1, 0.15) is 10.7 Å². The Kier molecular flexibility index (Phi) is 3.54. The van der Waals surface area contributed by atoms with Crippen LogP contribution in [0.25, 0.3) is 5.57 Å². The largest absolute Gasteiger partial charge is 0.493 e. The highest BCUT2D eigenvalue weighted by molar-refractivity contribution is 7.11. The van der Waals surface area contributed by atoms with E-state index in [-0.39, 0.29) is 11.5 Å². The number of thiazole rings is 1. The van der Waals surface area contributed by atoms with Crippen LogP contribution < -0.4 is 15.4 Å². The van der Waals surface area contributed by atoms with Crippen LogP contribution in [0.2, 0.25) is 0 Å². The van der Waals surface area contributed by atoms with Crippen LogP contribution in [0.3, 0.4) is 0 Å². The van der Waals surface area contributed by atoms with Crippen LogP contribution >= 0.6 is 11.3 Å². The molecule has 8 heteroatoms. The molecule has 1 amide bonds. The number of hydrogen-bond acceptors (Lipinski definition) is 5. The molecular weight excluding hydrogens is 343 g/mol. The maximum Gasteiger partial charge on any atom is 0.279 e. The number of aromatic hydroxyl groups is 1. The van der Waals surface area contributed by atoms with E-state index >= 15 is 0 Å². The van der Waals surface area contributed by atoms with Crippen LogP contribution in [-0.2, 0) is 11.8 Å². The minimum absolute atomic E-state index is 0.122. The molecule has 0 spiro atoms. The molecule has 3 aromatic rings. The molecule has 1 aliphatic heterocycles. The number of carbonyl (C=O) groups is 1. The first-order valence-corrected chi connectivity index (χ1v) is 8.13. The van der Waals surface area contributed by atoms with Gasteiger partial charge in [-0.1, -0.05) is 11.3 Å². The molecule has 1 N–H and O–H groups in total. The first kappa shape index (κ1) is 15.4. The molecule has 1 aliphatic rings. The first-order chi connectivity index (χ1) is 12.0. The van der Waals surface area contributed by atoms with E-state index < -0.39 is 11.7 Å². The van der Waals surface area contributed by atoms with Crippen LogP contribution in [0, 0.1) is 5.82 Å². The van der Waals surface area contributed by atoms with Gasteiger partial charge in [-0.3, -0.25) is 14.3 Å². The lowest BCUT2D eigenvalue weighted by Crippen LogP contribution is -2.23. The third-order valence-corrected chi connectivity index (χ3v) is 4.90. The van der Waals surface area contributed by atoms with Crippen molar-refractivity contribution in [2.45, 2.75) is 0 Å². The van der Waals surface area contributed by atoms with E-state index in [0.717, 1.165) is 11.3 Å². The Hall–Kier alpha value is -3.13. The van der Waals surface area contributed by atoms with Crippen molar-refractivity contribution in [2.75, 3.05) is 0 Å². The lowest BCUT2D eigenvalue weighted by Gasteiger charge is -1.98. The Morgan fingerprint density at radius 2 is 2.16 bits per heavy atom. The molecule has 4 rings (SSSR count). The average molecular weight is 354 g/mol. The zero-order valence-corrected chi connectivity index (χ0v) is 13.8. The third-order valence-electron chi connectivity index (χ3n) is 3.76. The fraction of sp³-hybridized carbons (Fsp3) is 0.0588. The lowest BCUT2D eigenvalue weighted by atomic mass is 10.1. The number of benzene rings is 1. The third kappa shape index (κ3) is 2.56. The van der Waals surface area contributed by atoms with Crippen LogP contribution in [0.1, 0.15) is 4.88 Å². The van der Waals surface area contributed by atoms with Crippen molar-refractivity contribution in [3.8, 4) is 5.88 Å². The number of hydrogen-bond donors (Lipinski definition) is 1. The van der Waals surface area contributed by atoms with Gasteiger partial charge in [-0.25, -0.2) is 14.4 Å². The topological polar surface area (TPSA) is 79.8 Å². The minimum atomic E-state index is -0.509. The van der Waals surface area contributed by atoms with Gasteiger partial charge in [0.05, 0.1) is 22.8 Å². The van der Waals surface area contributed by atoms with E-state index in [4.69, 9.17) is 0 Å². The molecule has 0 atom stereocenters. The molecule has 25 heavy (non-hydrogen) atoms. The molecule has 124 valence electrons. The standard InChI is InChI=1S/C17H11FN4O2S/c1-22-16(24)14(25-17(22)20-10-3-2-6-19-8-10)13-11-7-9(18)4-5-12(11)21-15(13)23/h2-8,24H,1H3. The van der Waals surface area contributed by atoms with E-state index in [0.29, 0.717) is 25.9 Å². The van der Waals surface area contributed by atoms with Gasteiger partial charge in [0, 0.05) is 18.5 Å². The molecule has 0 saturated heterocycles. The summed E-state index contributed by atoms with van der Waals surface area (Å²) in [6.45, 7) is 0. The molecular formula is C17H11FN4O2S. The van der Waals surface area contributed by atoms with Gasteiger partial charge in [0.2, 0.25) is 5.88 Å². The highest BCUT2D eigenvalue weighted by Crippen LogP contribution is 2.27. The minimum Gasteiger partial charge on any atom is -0.493 e. The van der Waals surface area contributed by atoms with Crippen LogP contribution in [0.15, 0.2) is 52.7 Å². The summed E-state index contributed by atoms with van der Waals surface area (Å²) >= 11 is 1.13. The molecule has 3 heterocycles. The van der Waals surface area contributed by atoms with E-state index in [9.17, 15) is 14.3 Å². The maximum atomic E-state index is 13.6. The molecule has 6 nitrogen and oxygen atoms in total. The molecule has 0 bridgehead atoms. The SMILES string of the molecule is Cn1c(O)c(C2=c3cc(F)ccc3=NC2=O)sc1=Nc1cccnc1. The van der Waals surface area contributed by atoms with Crippen LogP contribution in [0.5, 0.6) is 5.88 Å². The summed E-state index contributed by atoms with van der Waals surface area (Å²) in [5, 5.41) is 11.2. The molecule has 0 unspecified atom stereocenters. The average Bonchev–Trinajstić information content (AvgIpc) is 3.06. The number of carbonyl (C=O) groups excluding carboxylic acids is 1. The normalized spacial score (nSPS) is 13.9. The summed E-state index contributed by atoms with van der Waals surface area (Å²) < 4.78 is 15.1. The van der Waals surface area contributed by atoms with E-state index in [1.165, 1.54) is 22.8 Å². The molecule has 0 saturated carbocycles. The number of rotatable bonds is 2. The second-order valence-corrected chi connectivity index (χ2v) is 6.35. The predicted octanol–water partition coefficient (Wildman–Crippen LogP) is 0.917. The Balaban J connectivity index is 1.99. The second-order valence-electron chi connectivity index (χ2n) is 5.37. The van der Waals surface area contributed by atoms with Crippen molar-refractivity contribution in [1.29, 1.82) is 0 Å². The molecule has 1 aromatic carbocycles. The number of nitrogens with zero attached hydrogens (tertiary/aromatic N) is 4. The highest BCUT2D eigenvalue weighted by Gasteiger charge is 2.25. The molecule has 0 aliphatic carbocycles. The number of pyridine rings is 1. The van der Waals surface area contributed by atoms with E-state index in [1.807, 2.05) is 0 Å². The summed E-state index contributed by atoms with van der Waals surface area (Å²) in [5.41, 5.74) is 0.796. The zero-order valence-electron chi connectivity index (χ0n) is 13.0. The quantitative estimate of drug-likeness (QED) is 0.743. The highest BCUT2D eigenvalue weighted by atomic mass is 32.1. The number of fused-ring (bicyclic) bond motifs is 1. The Bertz CT molecular complexity index is 1200. The summed E-state index contributed by atoms with van der Waals surface area (Å²) in [5.74, 6) is -1.10. The summed E-state index contributed by atoms with van der Waals surface area (Å²) in [6.07, 6.45) is 3.22. The van der Waals surface area contributed by atoms with Gasteiger partial charge in [0.15, 0.2) is 4.80 Å². The molecule has 2 aromatic heterocycles. The van der Waals surface area contributed by atoms with E-state index in [1.54, 1.807) is 31.6 Å². The van der Waals surface area contributed by atoms with Gasteiger partial charge < -0.3 is 5.11 Å². The Labute approximate surface area is 144 Å². The number of amides is 1. The lowest BCUT2D eigenvalue weighted by molar-refractivity contribution is -0.112. The van der Waals surface area contributed by atoms with Crippen molar-refractivity contribution in [2.24, 2.45) is 17.0 Å². The van der Waals surface area contributed by atoms with Crippen molar-refractivity contribution >= 4 is 28.5 Å². The van der Waals surface area contributed by atoms with Gasteiger partial charge >= 0.3 is 0 Å². The number of aromatic nitrogens is 2. The summed E-state index contributed by atoms with van der Waals surface area (Å²) in [7, 11) is 1.63. The Morgan fingerprint density at radius 1 is 1.32 bits per heavy atom. The van der Waals surface area contributed by atoms with Crippen LogP contribution in [-0.4, -0.2) is 20.6 Å². The summed E-state index contributed by atoms with van der Waals surface area (Å²) in [4.78, 5) is 25.4.